The van der Waals surface area contributed by atoms with E-state index in [2.05, 4.69) is 5.32 Å². The SMILES string of the molecule is Cc1cc(C(=O)Nc2ccc(F)c(F)c2F)ccc1F. The van der Waals surface area contributed by atoms with Crippen molar-refractivity contribution in [3.8, 4) is 0 Å². The maximum Gasteiger partial charge on any atom is 0.255 e. The Balaban J connectivity index is 2.28. The topological polar surface area (TPSA) is 29.1 Å². The summed E-state index contributed by atoms with van der Waals surface area (Å²) in [4.78, 5) is 11.8. The van der Waals surface area contributed by atoms with Crippen molar-refractivity contribution in [3.05, 3.63) is 64.7 Å². The lowest BCUT2D eigenvalue weighted by Crippen LogP contribution is -2.14. The first-order valence-corrected chi connectivity index (χ1v) is 5.61. The van der Waals surface area contributed by atoms with Gasteiger partial charge in [-0.3, -0.25) is 4.79 Å². The molecule has 20 heavy (non-hydrogen) atoms. The highest BCUT2D eigenvalue weighted by molar-refractivity contribution is 6.04. The second-order valence-electron chi connectivity index (χ2n) is 4.14. The minimum atomic E-state index is -1.67. The number of amides is 1. The van der Waals surface area contributed by atoms with Crippen molar-refractivity contribution in [2.45, 2.75) is 6.92 Å². The predicted molar refractivity (Wildman–Crippen MR) is 65.4 cm³/mol. The highest BCUT2D eigenvalue weighted by Gasteiger charge is 2.16. The summed E-state index contributed by atoms with van der Waals surface area (Å²) >= 11 is 0. The monoisotopic (exact) mass is 283 g/mol. The first kappa shape index (κ1) is 14.0. The molecule has 0 aliphatic heterocycles. The quantitative estimate of drug-likeness (QED) is 0.659. The van der Waals surface area contributed by atoms with Crippen LogP contribution < -0.4 is 5.32 Å². The Bertz CT molecular complexity index is 685. The molecule has 1 amide bonds. The van der Waals surface area contributed by atoms with E-state index in [1.807, 2.05) is 0 Å². The molecular weight excluding hydrogens is 274 g/mol. The van der Waals surface area contributed by atoms with Gasteiger partial charge in [0.15, 0.2) is 17.5 Å². The molecule has 2 aromatic carbocycles. The summed E-state index contributed by atoms with van der Waals surface area (Å²) < 4.78 is 52.2. The molecule has 104 valence electrons. The van der Waals surface area contributed by atoms with Gasteiger partial charge in [-0.1, -0.05) is 0 Å². The average molecular weight is 283 g/mol. The number of aryl methyl sites for hydroxylation is 1. The van der Waals surface area contributed by atoms with Crippen molar-refractivity contribution in [1.82, 2.24) is 0 Å². The van der Waals surface area contributed by atoms with E-state index in [1.54, 1.807) is 0 Å². The molecule has 0 atom stereocenters. The first-order chi connectivity index (χ1) is 9.40. The van der Waals surface area contributed by atoms with Gasteiger partial charge >= 0.3 is 0 Å². The van der Waals surface area contributed by atoms with Crippen LogP contribution in [0.2, 0.25) is 0 Å². The minimum Gasteiger partial charge on any atom is -0.319 e. The molecule has 0 saturated carbocycles. The van der Waals surface area contributed by atoms with Gasteiger partial charge in [-0.05, 0) is 42.8 Å². The van der Waals surface area contributed by atoms with Crippen LogP contribution in [-0.4, -0.2) is 5.91 Å². The van der Waals surface area contributed by atoms with Gasteiger partial charge in [0, 0.05) is 5.56 Å². The van der Waals surface area contributed by atoms with Crippen LogP contribution in [-0.2, 0) is 0 Å². The Labute approximate surface area is 112 Å². The second kappa shape index (κ2) is 5.32. The van der Waals surface area contributed by atoms with Crippen molar-refractivity contribution in [1.29, 1.82) is 0 Å². The number of hydrogen-bond donors (Lipinski definition) is 1. The first-order valence-electron chi connectivity index (χ1n) is 5.61. The van der Waals surface area contributed by atoms with E-state index in [-0.39, 0.29) is 11.1 Å². The minimum absolute atomic E-state index is 0.0769. The molecule has 0 radical (unpaired) electrons. The second-order valence-corrected chi connectivity index (χ2v) is 4.14. The van der Waals surface area contributed by atoms with Crippen molar-refractivity contribution in [3.63, 3.8) is 0 Å². The molecule has 2 nitrogen and oxygen atoms in total. The van der Waals surface area contributed by atoms with Crippen LogP contribution in [0.1, 0.15) is 15.9 Å². The number of hydrogen-bond acceptors (Lipinski definition) is 1. The third-order valence-electron chi connectivity index (χ3n) is 2.70. The molecule has 0 aliphatic carbocycles. The van der Waals surface area contributed by atoms with E-state index < -0.39 is 34.9 Å². The molecule has 6 heteroatoms. The fourth-order valence-electron chi connectivity index (χ4n) is 1.60. The summed E-state index contributed by atoms with van der Waals surface area (Å²) in [5.74, 6) is -5.74. The number of carbonyl (C=O) groups is 1. The standard InChI is InChI=1S/C14H9F4NO/c1-7-6-8(2-3-9(7)15)14(20)19-11-5-4-10(16)12(17)13(11)18/h2-6H,1H3,(H,19,20). The van der Waals surface area contributed by atoms with E-state index >= 15 is 0 Å². The van der Waals surface area contributed by atoms with E-state index in [4.69, 9.17) is 0 Å². The Morgan fingerprint density at radius 2 is 1.60 bits per heavy atom. The third kappa shape index (κ3) is 2.64. The summed E-state index contributed by atoms with van der Waals surface area (Å²) in [6, 6.07) is 5.16. The van der Waals surface area contributed by atoms with Gasteiger partial charge in [0.05, 0.1) is 5.69 Å². The van der Waals surface area contributed by atoms with Crippen LogP contribution in [0.15, 0.2) is 30.3 Å². The number of rotatable bonds is 2. The van der Waals surface area contributed by atoms with Crippen molar-refractivity contribution < 1.29 is 22.4 Å². The molecule has 0 aliphatic rings. The maximum absolute atomic E-state index is 13.4. The summed E-state index contributed by atoms with van der Waals surface area (Å²) in [5.41, 5.74) is -0.174. The zero-order valence-corrected chi connectivity index (χ0v) is 10.3. The van der Waals surface area contributed by atoms with Gasteiger partial charge in [-0.15, -0.1) is 0 Å². The maximum atomic E-state index is 13.4. The third-order valence-corrected chi connectivity index (χ3v) is 2.70. The van der Waals surface area contributed by atoms with Crippen LogP contribution in [0, 0.1) is 30.2 Å². The Hall–Kier alpha value is -2.37. The molecular formula is C14H9F4NO. The van der Waals surface area contributed by atoms with Gasteiger partial charge < -0.3 is 5.32 Å². The van der Waals surface area contributed by atoms with Crippen molar-refractivity contribution in [2.24, 2.45) is 0 Å². The van der Waals surface area contributed by atoms with Crippen LogP contribution >= 0.6 is 0 Å². The molecule has 0 heterocycles. The average Bonchev–Trinajstić information content (AvgIpc) is 2.42. The zero-order valence-electron chi connectivity index (χ0n) is 10.3. The molecule has 0 spiro atoms. The van der Waals surface area contributed by atoms with E-state index in [0.717, 1.165) is 12.1 Å². The lowest BCUT2D eigenvalue weighted by Gasteiger charge is -2.08. The van der Waals surface area contributed by atoms with Crippen LogP contribution in [0.3, 0.4) is 0 Å². The van der Waals surface area contributed by atoms with Crippen LogP contribution in [0.4, 0.5) is 23.2 Å². The molecule has 0 aromatic heterocycles. The Morgan fingerprint density at radius 3 is 2.25 bits per heavy atom. The van der Waals surface area contributed by atoms with Gasteiger partial charge in [0.2, 0.25) is 0 Å². The summed E-state index contributed by atoms with van der Waals surface area (Å²) in [6.07, 6.45) is 0. The van der Waals surface area contributed by atoms with Crippen LogP contribution in [0.25, 0.3) is 0 Å². The molecule has 0 saturated heterocycles. The van der Waals surface area contributed by atoms with E-state index in [9.17, 15) is 22.4 Å². The molecule has 1 N–H and O–H groups in total. The Morgan fingerprint density at radius 1 is 0.950 bits per heavy atom. The fraction of sp³-hybridized carbons (Fsp3) is 0.0714. The molecule has 0 bridgehead atoms. The fourth-order valence-corrected chi connectivity index (χ4v) is 1.60. The summed E-state index contributed by atoms with van der Waals surface area (Å²) in [5, 5.41) is 2.10. The molecule has 0 unspecified atom stereocenters. The number of anilines is 1. The number of nitrogens with one attached hydrogen (secondary N) is 1. The lowest BCUT2D eigenvalue weighted by atomic mass is 10.1. The summed E-state index contributed by atoms with van der Waals surface area (Å²) in [7, 11) is 0. The van der Waals surface area contributed by atoms with Gasteiger partial charge in [-0.2, -0.15) is 0 Å². The number of benzene rings is 2. The van der Waals surface area contributed by atoms with E-state index in [0.29, 0.717) is 6.07 Å². The van der Waals surface area contributed by atoms with E-state index in [1.165, 1.54) is 19.1 Å². The smallest absolute Gasteiger partial charge is 0.255 e. The van der Waals surface area contributed by atoms with Gasteiger partial charge in [0.25, 0.3) is 5.91 Å². The summed E-state index contributed by atoms with van der Waals surface area (Å²) in [6.45, 7) is 1.46. The van der Waals surface area contributed by atoms with Crippen molar-refractivity contribution in [2.75, 3.05) is 5.32 Å². The normalized spacial score (nSPS) is 10.4. The highest BCUT2D eigenvalue weighted by Crippen LogP contribution is 2.20. The molecule has 2 aromatic rings. The molecule has 0 fully saturated rings. The number of halogens is 4. The van der Waals surface area contributed by atoms with Crippen LogP contribution in [0.5, 0.6) is 0 Å². The van der Waals surface area contributed by atoms with Gasteiger partial charge in [0.1, 0.15) is 5.82 Å². The zero-order chi connectivity index (χ0) is 14.9. The van der Waals surface area contributed by atoms with Gasteiger partial charge in [-0.25, -0.2) is 17.6 Å². The number of carbonyl (C=O) groups excluding carboxylic acids is 1. The van der Waals surface area contributed by atoms with Crippen molar-refractivity contribution >= 4 is 11.6 Å². The largest absolute Gasteiger partial charge is 0.319 e. The predicted octanol–water partition coefficient (Wildman–Crippen LogP) is 3.80. The highest BCUT2D eigenvalue weighted by atomic mass is 19.2. The molecule has 2 rings (SSSR count). The Kier molecular flexibility index (Phi) is 3.74. The lowest BCUT2D eigenvalue weighted by molar-refractivity contribution is 0.102.